The maximum absolute atomic E-state index is 12.5. The van der Waals surface area contributed by atoms with E-state index in [9.17, 15) is 4.79 Å². The minimum absolute atomic E-state index is 0. The largest absolute Gasteiger partial charge is 0.341 e. The second kappa shape index (κ2) is 10.4. The number of rotatable bonds is 7. The normalized spacial score (nSPS) is 19.7. The highest BCUT2D eigenvalue weighted by Gasteiger charge is 2.23. The molecular formula is C16H34ClN3O. The Labute approximate surface area is 137 Å². The van der Waals surface area contributed by atoms with Gasteiger partial charge in [-0.3, -0.25) is 9.69 Å². The van der Waals surface area contributed by atoms with Crippen LogP contribution >= 0.6 is 12.4 Å². The molecule has 0 saturated carbocycles. The van der Waals surface area contributed by atoms with Gasteiger partial charge in [0.25, 0.3) is 0 Å². The third-order valence-corrected chi connectivity index (χ3v) is 3.80. The lowest BCUT2D eigenvalue weighted by Crippen LogP contribution is -2.49. The van der Waals surface area contributed by atoms with Crippen molar-refractivity contribution in [3.8, 4) is 0 Å². The Morgan fingerprint density at radius 2 is 1.81 bits per heavy atom. The van der Waals surface area contributed by atoms with Gasteiger partial charge in [0, 0.05) is 25.7 Å². The van der Waals surface area contributed by atoms with Gasteiger partial charge >= 0.3 is 0 Å². The van der Waals surface area contributed by atoms with E-state index in [1.54, 1.807) is 0 Å². The molecule has 1 aliphatic heterocycles. The molecule has 4 nitrogen and oxygen atoms in total. The molecule has 0 spiro atoms. The van der Waals surface area contributed by atoms with Crippen molar-refractivity contribution < 1.29 is 4.79 Å². The van der Waals surface area contributed by atoms with Crippen molar-refractivity contribution in [1.82, 2.24) is 15.1 Å². The van der Waals surface area contributed by atoms with Crippen molar-refractivity contribution >= 4 is 18.3 Å². The minimum Gasteiger partial charge on any atom is -0.341 e. The van der Waals surface area contributed by atoms with Crippen LogP contribution in [0.1, 0.15) is 40.5 Å². The van der Waals surface area contributed by atoms with Crippen LogP contribution in [-0.2, 0) is 4.79 Å². The summed E-state index contributed by atoms with van der Waals surface area (Å²) in [5.74, 6) is 1.36. The summed E-state index contributed by atoms with van der Waals surface area (Å²) in [6.45, 7) is 13.1. The van der Waals surface area contributed by atoms with Crippen LogP contribution in [0.5, 0.6) is 0 Å². The Kier molecular flexibility index (Phi) is 10.3. The SMILES string of the molecule is CNC1CCCN(CC(=O)N(CC(C)C)CC(C)C)C1.Cl. The zero-order chi connectivity index (χ0) is 15.1. The van der Waals surface area contributed by atoms with Gasteiger partial charge in [0.15, 0.2) is 0 Å². The van der Waals surface area contributed by atoms with Gasteiger partial charge in [-0.2, -0.15) is 0 Å². The summed E-state index contributed by atoms with van der Waals surface area (Å²) in [5, 5.41) is 3.33. The zero-order valence-electron chi connectivity index (χ0n) is 14.4. The third-order valence-electron chi connectivity index (χ3n) is 3.80. The Bertz CT molecular complexity index is 287. The Hall–Kier alpha value is -0.320. The third kappa shape index (κ3) is 8.03. The van der Waals surface area contributed by atoms with Crippen molar-refractivity contribution in [3.63, 3.8) is 0 Å². The first kappa shape index (κ1) is 20.7. The monoisotopic (exact) mass is 319 g/mol. The highest BCUT2D eigenvalue weighted by molar-refractivity contribution is 5.85. The molecule has 1 N–H and O–H groups in total. The maximum atomic E-state index is 12.5. The van der Waals surface area contributed by atoms with Crippen molar-refractivity contribution in [3.05, 3.63) is 0 Å². The first-order valence-electron chi connectivity index (χ1n) is 8.09. The number of amides is 1. The molecule has 21 heavy (non-hydrogen) atoms. The van der Waals surface area contributed by atoms with E-state index in [1.807, 2.05) is 7.05 Å². The molecule has 1 rings (SSSR count). The van der Waals surface area contributed by atoms with Crippen LogP contribution in [0.15, 0.2) is 0 Å². The molecule has 0 bridgehead atoms. The van der Waals surface area contributed by atoms with Crippen LogP contribution in [0.3, 0.4) is 0 Å². The van der Waals surface area contributed by atoms with Gasteiger partial charge in [-0.25, -0.2) is 0 Å². The fourth-order valence-corrected chi connectivity index (χ4v) is 2.89. The summed E-state index contributed by atoms with van der Waals surface area (Å²) in [5.41, 5.74) is 0. The summed E-state index contributed by atoms with van der Waals surface area (Å²) < 4.78 is 0. The number of nitrogens with zero attached hydrogens (tertiary/aromatic N) is 2. The number of halogens is 1. The molecule has 0 aromatic rings. The molecule has 1 amide bonds. The lowest BCUT2D eigenvalue weighted by molar-refractivity contribution is -0.133. The highest BCUT2D eigenvalue weighted by Crippen LogP contribution is 2.11. The van der Waals surface area contributed by atoms with E-state index in [0.29, 0.717) is 30.3 Å². The summed E-state index contributed by atoms with van der Waals surface area (Å²) in [6, 6.07) is 0.542. The number of likely N-dealkylation sites (tertiary alicyclic amines) is 1. The maximum Gasteiger partial charge on any atom is 0.236 e. The Morgan fingerprint density at radius 1 is 1.24 bits per heavy atom. The average Bonchev–Trinajstić information content (AvgIpc) is 2.37. The molecule has 0 aromatic carbocycles. The number of piperidine rings is 1. The van der Waals surface area contributed by atoms with Crippen molar-refractivity contribution in [2.45, 2.75) is 46.6 Å². The van der Waals surface area contributed by atoms with Crippen molar-refractivity contribution in [2.75, 3.05) is 39.8 Å². The van der Waals surface area contributed by atoms with Crippen LogP contribution in [0.2, 0.25) is 0 Å². The molecule has 126 valence electrons. The molecule has 1 aliphatic rings. The topological polar surface area (TPSA) is 35.6 Å². The van der Waals surface area contributed by atoms with Gasteiger partial charge in [0.05, 0.1) is 6.54 Å². The van der Waals surface area contributed by atoms with E-state index < -0.39 is 0 Å². The van der Waals surface area contributed by atoms with Gasteiger partial charge in [-0.15, -0.1) is 12.4 Å². The summed E-state index contributed by atoms with van der Waals surface area (Å²) in [4.78, 5) is 16.9. The van der Waals surface area contributed by atoms with Gasteiger partial charge in [-0.05, 0) is 38.3 Å². The van der Waals surface area contributed by atoms with Gasteiger partial charge in [-0.1, -0.05) is 27.7 Å². The average molecular weight is 320 g/mol. The fraction of sp³-hybridized carbons (Fsp3) is 0.938. The smallest absolute Gasteiger partial charge is 0.236 e. The van der Waals surface area contributed by atoms with Gasteiger partial charge in [0.1, 0.15) is 0 Å². The molecule has 0 aromatic heterocycles. The molecule has 5 heteroatoms. The number of hydrogen-bond acceptors (Lipinski definition) is 3. The minimum atomic E-state index is 0. The Balaban J connectivity index is 0.00000400. The lowest BCUT2D eigenvalue weighted by atomic mass is 10.1. The summed E-state index contributed by atoms with van der Waals surface area (Å²) in [6.07, 6.45) is 2.41. The molecule has 1 heterocycles. The van der Waals surface area contributed by atoms with Crippen LogP contribution in [0, 0.1) is 11.8 Å². The van der Waals surface area contributed by atoms with Crippen LogP contribution in [0.25, 0.3) is 0 Å². The predicted molar refractivity (Wildman–Crippen MR) is 92.0 cm³/mol. The van der Waals surface area contributed by atoms with E-state index >= 15 is 0 Å². The van der Waals surface area contributed by atoms with Gasteiger partial charge < -0.3 is 10.2 Å². The van der Waals surface area contributed by atoms with E-state index in [2.05, 4.69) is 42.8 Å². The quantitative estimate of drug-likeness (QED) is 0.781. The molecule has 1 atom stereocenters. The van der Waals surface area contributed by atoms with Crippen LogP contribution in [0.4, 0.5) is 0 Å². The fourth-order valence-electron chi connectivity index (χ4n) is 2.89. The van der Waals surface area contributed by atoms with E-state index in [-0.39, 0.29) is 12.4 Å². The number of nitrogens with one attached hydrogen (secondary N) is 1. The van der Waals surface area contributed by atoms with Crippen LogP contribution in [-0.4, -0.2) is 61.5 Å². The standard InChI is InChI=1S/C16H33N3O.ClH/c1-13(2)9-19(10-14(3)4)16(20)12-18-8-6-7-15(11-18)17-5;/h13-15,17H,6-12H2,1-5H3;1H. The van der Waals surface area contributed by atoms with Crippen molar-refractivity contribution in [1.29, 1.82) is 0 Å². The molecule has 1 saturated heterocycles. The number of carbonyl (C=O) groups excluding carboxylic acids is 1. The molecule has 1 unspecified atom stereocenters. The number of likely N-dealkylation sites (N-methyl/N-ethyl adjacent to an activating group) is 1. The molecular weight excluding hydrogens is 286 g/mol. The number of carbonyl (C=O) groups is 1. The first-order chi connectivity index (χ1) is 9.42. The van der Waals surface area contributed by atoms with E-state index in [4.69, 9.17) is 0 Å². The summed E-state index contributed by atoms with van der Waals surface area (Å²) >= 11 is 0. The van der Waals surface area contributed by atoms with Crippen LogP contribution < -0.4 is 5.32 Å². The Morgan fingerprint density at radius 3 is 2.29 bits per heavy atom. The highest BCUT2D eigenvalue weighted by atomic mass is 35.5. The first-order valence-corrected chi connectivity index (χ1v) is 8.09. The lowest BCUT2D eigenvalue weighted by Gasteiger charge is -2.34. The molecule has 0 radical (unpaired) electrons. The van der Waals surface area contributed by atoms with Gasteiger partial charge in [0.2, 0.25) is 5.91 Å². The molecule has 0 aliphatic carbocycles. The zero-order valence-corrected chi connectivity index (χ0v) is 15.2. The second-order valence-electron chi connectivity index (χ2n) is 6.95. The van der Waals surface area contributed by atoms with E-state index in [0.717, 1.165) is 26.2 Å². The molecule has 1 fully saturated rings. The van der Waals surface area contributed by atoms with E-state index in [1.165, 1.54) is 12.8 Å². The summed E-state index contributed by atoms with van der Waals surface area (Å²) in [7, 11) is 2.01. The van der Waals surface area contributed by atoms with Crippen molar-refractivity contribution in [2.24, 2.45) is 11.8 Å². The number of hydrogen-bond donors (Lipinski definition) is 1. The predicted octanol–water partition coefficient (Wildman–Crippen LogP) is 2.23. The second-order valence-corrected chi connectivity index (χ2v) is 6.95.